The van der Waals surface area contributed by atoms with E-state index >= 15 is 0 Å². The van der Waals surface area contributed by atoms with E-state index in [1.165, 1.54) is 125 Å². The van der Waals surface area contributed by atoms with Gasteiger partial charge in [0.2, 0.25) is 0 Å². The number of benzene rings is 13. The van der Waals surface area contributed by atoms with Crippen molar-refractivity contribution in [1.82, 2.24) is 4.57 Å². The number of hydrogen-bond acceptors (Lipinski definition) is 2. The van der Waals surface area contributed by atoms with E-state index in [2.05, 4.69) is 301 Å². The number of rotatable bonds is 7. The summed E-state index contributed by atoms with van der Waals surface area (Å²) in [5, 5.41) is 7.50. The van der Waals surface area contributed by atoms with Crippen LogP contribution in [0.4, 0.5) is 17.1 Å². The highest BCUT2D eigenvalue weighted by Gasteiger charge is 2.51. The summed E-state index contributed by atoms with van der Waals surface area (Å²) in [6.07, 6.45) is 0. The summed E-state index contributed by atoms with van der Waals surface area (Å²) in [5.41, 5.74) is 24.0. The van der Waals surface area contributed by atoms with E-state index in [-0.39, 0.29) is 0 Å². The highest BCUT2D eigenvalue weighted by atomic mass is 32.1. The first-order chi connectivity index (χ1) is 39.7. The second-order valence-corrected chi connectivity index (χ2v) is 22.5. The van der Waals surface area contributed by atoms with Gasteiger partial charge in [-0.25, -0.2) is 0 Å². The standard InChI is InChI=1S/C77H48N2S/c1-4-19-49(20-5-1)51-35-38-55(39-36-51)78(56-40-42-63-62-30-14-17-34-70(62)77(71(63)46-56)68-32-15-12-28-60(68)61-29-13-16-33-69(61)77)57-41-43-64-72(47-57)79(54-25-8-3-9-26-54)75-66(59-31-18-24-52-23-10-11-27-58(52)59)48-67-65-45-53(50-21-6-2-7-22-50)37-44-73(65)80-76(67)74(64)75/h1-48H. The van der Waals surface area contributed by atoms with E-state index in [1.54, 1.807) is 0 Å². The van der Waals surface area contributed by atoms with Gasteiger partial charge in [-0.15, -0.1) is 11.3 Å². The Labute approximate surface area is 468 Å². The maximum atomic E-state index is 2.56. The van der Waals surface area contributed by atoms with E-state index < -0.39 is 5.41 Å². The molecule has 372 valence electrons. The molecule has 0 fully saturated rings. The van der Waals surface area contributed by atoms with Gasteiger partial charge in [0.1, 0.15) is 0 Å². The highest BCUT2D eigenvalue weighted by Crippen LogP contribution is 2.63. The van der Waals surface area contributed by atoms with Crippen LogP contribution in [0.15, 0.2) is 291 Å². The molecular formula is C77H48N2S. The molecule has 0 amide bonds. The van der Waals surface area contributed by atoms with Gasteiger partial charge >= 0.3 is 0 Å². The number of anilines is 3. The monoisotopic (exact) mass is 1030 g/mol. The lowest BCUT2D eigenvalue weighted by atomic mass is 9.70. The zero-order valence-corrected chi connectivity index (χ0v) is 44.3. The van der Waals surface area contributed by atoms with Crippen molar-refractivity contribution in [2.24, 2.45) is 0 Å². The first-order valence-electron chi connectivity index (χ1n) is 27.6. The summed E-state index contributed by atoms with van der Waals surface area (Å²) in [6.45, 7) is 0. The normalized spacial score (nSPS) is 12.8. The molecule has 17 rings (SSSR count). The van der Waals surface area contributed by atoms with Gasteiger partial charge in [-0.05, 0) is 150 Å². The van der Waals surface area contributed by atoms with Gasteiger partial charge < -0.3 is 9.47 Å². The number of thiophene rings is 1. The Morgan fingerprint density at radius 3 is 1.54 bits per heavy atom. The quantitative estimate of drug-likeness (QED) is 0.154. The topological polar surface area (TPSA) is 8.17 Å². The van der Waals surface area contributed by atoms with Gasteiger partial charge in [-0.2, -0.15) is 0 Å². The van der Waals surface area contributed by atoms with E-state index in [4.69, 9.17) is 0 Å². The Bertz CT molecular complexity index is 4920. The van der Waals surface area contributed by atoms with E-state index in [9.17, 15) is 0 Å². The number of para-hydroxylation sites is 1. The third kappa shape index (κ3) is 6.47. The molecular weight excluding hydrogens is 985 g/mol. The molecule has 13 aromatic carbocycles. The Kier molecular flexibility index (Phi) is 9.83. The van der Waals surface area contributed by atoms with E-state index in [0.29, 0.717) is 0 Å². The zero-order valence-electron chi connectivity index (χ0n) is 43.5. The van der Waals surface area contributed by atoms with Crippen LogP contribution in [-0.2, 0) is 5.41 Å². The SMILES string of the molecule is c1ccc(-c2ccc(N(c3ccc4c(c3)C3(c5ccccc5-c5ccccc53)c3ccccc3-4)c3ccc4c5c6sc7ccc(-c8ccccc8)cc7c6cc(-c6cccc7ccccc67)c5n(-c5ccccc5)c4c3)cc2)cc1. The lowest BCUT2D eigenvalue weighted by Crippen LogP contribution is -2.26. The molecule has 2 aromatic heterocycles. The molecule has 0 atom stereocenters. The average Bonchev–Trinajstić information content (AvgIpc) is 4.43. The second kappa shape index (κ2) is 17.5. The predicted octanol–water partition coefficient (Wildman–Crippen LogP) is 21.1. The molecule has 0 bridgehead atoms. The minimum atomic E-state index is -0.489. The molecule has 0 N–H and O–H groups in total. The van der Waals surface area contributed by atoms with Crippen molar-refractivity contribution in [2.45, 2.75) is 5.41 Å². The summed E-state index contributed by atoms with van der Waals surface area (Å²) in [6, 6.07) is 109. The fourth-order valence-electron chi connectivity index (χ4n) is 14.0. The van der Waals surface area contributed by atoms with Crippen LogP contribution in [0.25, 0.3) is 114 Å². The van der Waals surface area contributed by atoms with Crippen LogP contribution >= 0.6 is 11.3 Å². The van der Waals surface area contributed by atoms with Gasteiger partial charge in [-0.3, -0.25) is 0 Å². The molecule has 2 aliphatic carbocycles. The molecule has 0 aliphatic heterocycles. The summed E-state index contributed by atoms with van der Waals surface area (Å²) in [4.78, 5) is 2.50. The van der Waals surface area contributed by atoms with E-state index in [0.717, 1.165) is 28.3 Å². The van der Waals surface area contributed by atoms with Crippen LogP contribution in [0.1, 0.15) is 22.3 Å². The van der Waals surface area contributed by atoms with Crippen LogP contribution in [0, 0.1) is 0 Å². The zero-order chi connectivity index (χ0) is 52.5. The van der Waals surface area contributed by atoms with Crippen LogP contribution < -0.4 is 4.90 Å². The van der Waals surface area contributed by atoms with Crippen LogP contribution in [0.3, 0.4) is 0 Å². The van der Waals surface area contributed by atoms with Crippen molar-refractivity contribution in [3.8, 4) is 61.3 Å². The minimum absolute atomic E-state index is 0.489. The molecule has 0 saturated carbocycles. The Morgan fingerprint density at radius 2 is 0.838 bits per heavy atom. The Morgan fingerprint density at radius 1 is 0.312 bits per heavy atom. The summed E-state index contributed by atoms with van der Waals surface area (Å²) in [7, 11) is 0. The number of fused-ring (bicyclic) bond motifs is 18. The lowest BCUT2D eigenvalue weighted by molar-refractivity contribution is 0.793. The summed E-state index contributed by atoms with van der Waals surface area (Å²) in [5.74, 6) is 0. The van der Waals surface area contributed by atoms with Crippen molar-refractivity contribution in [3.63, 3.8) is 0 Å². The molecule has 80 heavy (non-hydrogen) atoms. The third-order valence-electron chi connectivity index (χ3n) is 17.4. The second-order valence-electron chi connectivity index (χ2n) is 21.5. The third-order valence-corrected chi connectivity index (χ3v) is 18.6. The molecule has 0 saturated heterocycles. The maximum absolute atomic E-state index is 2.56. The Balaban J connectivity index is 0.960. The van der Waals surface area contributed by atoms with Gasteiger partial charge in [0.25, 0.3) is 0 Å². The van der Waals surface area contributed by atoms with Gasteiger partial charge in [0.15, 0.2) is 0 Å². The van der Waals surface area contributed by atoms with Gasteiger partial charge in [0, 0.05) is 59.3 Å². The van der Waals surface area contributed by atoms with Gasteiger partial charge in [0.05, 0.1) is 16.4 Å². The van der Waals surface area contributed by atoms with Crippen LogP contribution in [0.5, 0.6) is 0 Å². The largest absolute Gasteiger partial charge is 0.310 e. The van der Waals surface area contributed by atoms with Crippen LogP contribution in [-0.4, -0.2) is 4.57 Å². The Hall–Kier alpha value is -10.1. The van der Waals surface area contributed by atoms with Crippen molar-refractivity contribution in [3.05, 3.63) is 313 Å². The van der Waals surface area contributed by atoms with Crippen LogP contribution in [0.2, 0.25) is 0 Å². The molecule has 1 spiro atoms. The minimum Gasteiger partial charge on any atom is -0.310 e. The number of nitrogens with zero attached hydrogens (tertiary/aromatic N) is 2. The molecule has 3 heteroatoms. The molecule has 15 aromatic rings. The first kappa shape index (κ1) is 45.0. The molecule has 2 nitrogen and oxygen atoms in total. The maximum Gasteiger partial charge on any atom is 0.0726 e. The number of hydrogen-bond donors (Lipinski definition) is 0. The van der Waals surface area contributed by atoms with Crippen molar-refractivity contribution >= 4 is 81.1 Å². The first-order valence-corrected chi connectivity index (χ1v) is 28.5. The molecule has 0 unspecified atom stereocenters. The predicted molar refractivity (Wildman–Crippen MR) is 338 cm³/mol. The average molecular weight is 1030 g/mol. The fourth-order valence-corrected chi connectivity index (χ4v) is 15.2. The van der Waals surface area contributed by atoms with Crippen molar-refractivity contribution in [1.29, 1.82) is 0 Å². The molecule has 2 aliphatic rings. The van der Waals surface area contributed by atoms with Crippen molar-refractivity contribution < 1.29 is 0 Å². The summed E-state index contributed by atoms with van der Waals surface area (Å²) >= 11 is 1.91. The lowest BCUT2D eigenvalue weighted by Gasteiger charge is -2.32. The van der Waals surface area contributed by atoms with Crippen molar-refractivity contribution in [2.75, 3.05) is 4.90 Å². The highest BCUT2D eigenvalue weighted by molar-refractivity contribution is 7.26. The van der Waals surface area contributed by atoms with Gasteiger partial charge in [-0.1, -0.05) is 224 Å². The smallest absolute Gasteiger partial charge is 0.0726 e. The fraction of sp³-hybridized carbons (Fsp3) is 0.0130. The number of aromatic nitrogens is 1. The summed E-state index contributed by atoms with van der Waals surface area (Å²) < 4.78 is 5.13. The molecule has 0 radical (unpaired) electrons. The molecule has 2 heterocycles. The van der Waals surface area contributed by atoms with E-state index in [1.807, 2.05) is 11.3 Å².